The van der Waals surface area contributed by atoms with Gasteiger partial charge in [-0.1, -0.05) is 6.92 Å². The highest BCUT2D eigenvalue weighted by atomic mass is 32.2. The monoisotopic (exact) mass is 284 g/mol. The van der Waals surface area contributed by atoms with E-state index in [1.807, 2.05) is 20.1 Å². The number of anilines is 2. The summed E-state index contributed by atoms with van der Waals surface area (Å²) in [6.07, 6.45) is 2.91. The number of pyridine rings is 1. The molecule has 0 saturated carbocycles. The quantitative estimate of drug-likeness (QED) is 0.564. The molecule has 1 rings (SSSR count). The minimum atomic E-state index is -0.406. The molecule has 0 spiro atoms. The van der Waals surface area contributed by atoms with E-state index in [1.54, 1.807) is 17.8 Å². The van der Waals surface area contributed by atoms with Gasteiger partial charge in [0.25, 0.3) is 0 Å². The summed E-state index contributed by atoms with van der Waals surface area (Å²) in [4.78, 5) is 14.9. The van der Waals surface area contributed by atoms with E-state index >= 15 is 0 Å². The van der Waals surface area contributed by atoms with Crippen LogP contribution in [0.15, 0.2) is 12.1 Å². The Morgan fingerprint density at radius 2 is 2.21 bits per heavy atom. The van der Waals surface area contributed by atoms with Crippen molar-refractivity contribution in [3.63, 3.8) is 0 Å². The molecule has 2 N–H and O–H groups in total. The molecule has 1 aromatic rings. The predicted molar refractivity (Wildman–Crippen MR) is 81.1 cm³/mol. The van der Waals surface area contributed by atoms with Gasteiger partial charge in [-0.2, -0.15) is 11.8 Å². The first-order valence-electron chi connectivity index (χ1n) is 6.27. The number of hydrogen-bond acceptors (Lipinski definition) is 6. The van der Waals surface area contributed by atoms with Gasteiger partial charge in [0.1, 0.15) is 5.82 Å². The molecule has 0 aliphatic carbocycles. The van der Waals surface area contributed by atoms with Crippen LogP contribution >= 0.6 is 11.8 Å². The maximum absolute atomic E-state index is 11.0. The lowest BCUT2D eigenvalue weighted by Gasteiger charge is -2.17. The average Bonchev–Trinajstić information content (AvgIpc) is 2.38. The van der Waals surface area contributed by atoms with Crippen molar-refractivity contribution in [2.75, 3.05) is 29.2 Å². The van der Waals surface area contributed by atoms with Crippen LogP contribution in [0.4, 0.5) is 17.3 Å². The summed E-state index contributed by atoms with van der Waals surface area (Å²) < 4.78 is 0. The van der Waals surface area contributed by atoms with Gasteiger partial charge in [0.05, 0.1) is 4.92 Å². The fourth-order valence-electron chi connectivity index (χ4n) is 1.64. The van der Waals surface area contributed by atoms with Crippen molar-refractivity contribution < 1.29 is 4.92 Å². The lowest BCUT2D eigenvalue weighted by atomic mass is 10.2. The van der Waals surface area contributed by atoms with Gasteiger partial charge in [-0.15, -0.1) is 0 Å². The maximum Gasteiger partial charge on any atom is 0.311 e. The molecular weight excluding hydrogens is 264 g/mol. The topological polar surface area (TPSA) is 80.1 Å². The zero-order valence-electron chi connectivity index (χ0n) is 11.5. The van der Waals surface area contributed by atoms with Crippen molar-refractivity contribution in [2.45, 2.75) is 26.3 Å². The Morgan fingerprint density at radius 3 is 2.74 bits per heavy atom. The van der Waals surface area contributed by atoms with Crippen molar-refractivity contribution in [1.82, 2.24) is 4.98 Å². The van der Waals surface area contributed by atoms with Crippen LogP contribution < -0.4 is 10.6 Å². The standard InChI is InChI=1S/C12H20N4O2S/c1-4-9(8-19-3)14-12-10(16(17)18)6-7-11(15-12)13-5-2/h6-7,9H,4-5,8H2,1-3H3,(H2,13,14,15). The Kier molecular flexibility index (Phi) is 6.41. The second-order valence-electron chi connectivity index (χ2n) is 4.06. The molecule has 0 aromatic carbocycles. The number of nitrogens with one attached hydrogen (secondary N) is 2. The van der Waals surface area contributed by atoms with Crippen molar-refractivity contribution in [1.29, 1.82) is 0 Å². The summed E-state index contributed by atoms with van der Waals surface area (Å²) in [6.45, 7) is 4.74. The summed E-state index contributed by atoms with van der Waals surface area (Å²) >= 11 is 1.71. The predicted octanol–water partition coefficient (Wildman–Crippen LogP) is 2.98. The van der Waals surface area contributed by atoms with E-state index in [-0.39, 0.29) is 11.7 Å². The Labute approximate surface area is 117 Å². The van der Waals surface area contributed by atoms with E-state index in [9.17, 15) is 10.1 Å². The average molecular weight is 284 g/mol. The number of hydrogen-bond donors (Lipinski definition) is 2. The molecule has 0 bridgehead atoms. The van der Waals surface area contributed by atoms with Crippen LogP contribution in [0.5, 0.6) is 0 Å². The van der Waals surface area contributed by atoms with Gasteiger partial charge in [-0.3, -0.25) is 10.1 Å². The first-order valence-corrected chi connectivity index (χ1v) is 7.66. The van der Waals surface area contributed by atoms with Gasteiger partial charge in [0.15, 0.2) is 0 Å². The molecule has 1 atom stereocenters. The molecule has 1 unspecified atom stereocenters. The lowest BCUT2D eigenvalue weighted by Crippen LogP contribution is -2.22. The summed E-state index contributed by atoms with van der Waals surface area (Å²) in [5, 5.41) is 17.2. The normalized spacial score (nSPS) is 11.9. The van der Waals surface area contributed by atoms with E-state index in [0.717, 1.165) is 18.7 Å². The molecule has 0 aliphatic heterocycles. The van der Waals surface area contributed by atoms with Crippen LogP contribution in [-0.2, 0) is 0 Å². The van der Waals surface area contributed by atoms with Crippen molar-refractivity contribution >= 4 is 29.1 Å². The van der Waals surface area contributed by atoms with Crippen LogP contribution in [0.25, 0.3) is 0 Å². The lowest BCUT2D eigenvalue weighted by molar-refractivity contribution is -0.384. The fourth-order valence-corrected chi connectivity index (χ4v) is 2.36. The first kappa shape index (κ1) is 15.6. The second-order valence-corrected chi connectivity index (χ2v) is 4.97. The number of nitro groups is 1. The minimum absolute atomic E-state index is 0.0150. The smallest absolute Gasteiger partial charge is 0.311 e. The van der Waals surface area contributed by atoms with Crippen LogP contribution in [0.3, 0.4) is 0 Å². The molecule has 1 aromatic heterocycles. The molecule has 0 amide bonds. The third-order valence-electron chi connectivity index (χ3n) is 2.63. The van der Waals surface area contributed by atoms with E-state index in [4.69, 9.17) is 0 Å². The molecular formula is C12H20N4O2S. The third kappa shape index (κ3) is 4.59. The van der Waals surface area contributed by atoms with Crippen molar-refractivity contribution in [2.24, 2.45) is 0 Å². The minimum Gasteiger partial charge on any atom is -0.370 e. The van der Waals surface area contributed by atoms with Gasteiger partial charge < -0.3 is 10.6 Å². The van der Waals surface area contributed by atoms with Crippen LogP contribution in [0, 0.1) is 10.1 Å². The Morgan fingerprint density at radius 1 is 1.47 bits per heavy atom. The van der Waals surface area contributed by atoms with E-state index in [2.05, 4.69) is 15.6 Å². The fraction of sp³-hybridized carbons (Fsp3) is 0.583. The molecule has 0 radical (unpaired) electrons. The molecule has 1 heterocycles. The maximum atomic E-state index is 11.0. The van der Waals surface area contributed by atoms with Gasteiger partial charge in [0.2, 0.25) is 5.82 Å². The Balaban J connectivity index is 2.99. The van der Waals surface area contributed by atoms with Crippen molar-refractivity contribution in [3.05, 3.63) is 22.2 Å². The molecule has 106 valence electrons. The molecule has 0 aliphatic rings. The highest BCUT2D eigenvalue weighted by Crippen LogP contribution is 2.25. The highest BCUT2D eigenvalue weighted by Gasteiger charge is 2.18. The number of nitrogens with zero attached hydrogens (tertiary/aromatic N) is 2. The number of rotatable bonds is 8. The van der Waals surface area contributed by atoms with E-state index in [1.165, 1.54) is 6.07 Å². The first-order chi connectivity index (χ1) is 9.12. The van der Waals surface area contributed by atoms with E-state index in [0.29, 0.717) is 11.6 Å². The molecule has 7 heteroatoms. The summed E-state index contributed by atoms with van der Waals surface area (Å²) in [5.74, 6) is 1.87. The molecule has 6 nitrogen and oxygen atoms in total. The largest absolute Gasteiger partial charge is 0.370 e. The van der Waals surface area contributed by atoms with Gasteiger partial charge in [-0.05, 0) is 25.7 Å². The number of thioether (sulfide) groups is 1. The molecule has 0 fully saturated rings. The van der Waals surface area contributed by atoms with Crippen LogP contribution in [0.2, 0.25) is 0 Å². The molecule has 0 saturated heterocycles. The SMILES string of the molecule is CCNc1ccc([N+](=O)[O-])c(NC(CC)CSC)n1. The summed E-state index contributed by atoms with van der Waals surface area (Å²) in [7, 11) is 0. The summed E-state index contributed by atoms with van der Waals surface area (Å²) in [6, 6.07) is 3.29. The third-order valence-corrected chi connectivity index (χ3v) is 3.37. The Bertz CT molecular complexity index is 428. The van der Waals surface area contributed by atoms with Crippen molar-refractivity contribution in [3.8, 4) is 0 Å². The molecule has 19 heavy (non-hydrogen) atoms. The van der Waals surface area contributed by atoms with Crippen LogP contribution in [0.1, 0.15) is 20.3 Å². The Hall–Kier alpha value is -1.50. The van der Waals surface area contributed by atoms with E-state index < -0.39 is 4.92 Å². The number of aromatic nitrogens is 1. The highest BCUT2D eigenvalue weighted by molar-refractivity contribution is 7.98. The van der Waals surface area contributed by atoms with Gasteiger partial charge in [0, 0.05) is 24.4 Å². The summed E-state index contributed by atoms with van der Waals surface area (Å²) in [5.41, 5.74) is 0.0150. The zero-order valence-corrected chi connectivity index (χ0v) is 12.3. The van der Waals surface area contributed by atoms with Gasteiger partial charge in [-0.25, -0.2) is 4.98 Å². The van der Waals surface area contributed by atoms with Gasteiger partial charge >= 0.3 is 5.69 Å². The van der Waals surface area contributed by atoms with Crippen LogP contribution in [-0.4, -0.2) is 34.5 Å². The zero-order chi connectivity index (χ0) is 14.3. The second kappa shape index (κ2) is 7.83.